The van der Waals surface area contributed by atoms with Gasteiger partial charge < -0.3 is 10.2 Å². The fraction of sp³-hybridized carbons (Fsp3) is 0.286. The first kappa shape index (κ1) is 18.8. The van der Waals surface area contributed by atoms with Crippen LogP contribution in [0.5, 0.6) is 0 Å². The predicted molar refractivity (Wildman–Crippen MR) is 98.6 cm³/mol. The van der Waals surface area contributed by atoms with Gasteiger partial charge in [0.15, 0.2) is 5.78 Å². The number of piperazine rings is 1. The van der Waals surface area contributed by atoms with Crippen molar-refractivity contribution >= 4 is 17.6 Å². The van der Waals surface area contributed by atoms with E-state index in [9.17, 15) is 18.8 Å². The fourth-order valence-corrected chi connectivity index (χ4v) is 3.16. The molecule has 1 atom stereocenters. The van der Waals surface area contributed by atoms with Crippen molar-refractivity contribution < 1.29 is 18.8 Å². The Morgan fingerprint density at radius 1 is 1.07 bits per heavy atom. The lowest BCUT2D eigenvalue weighted by Crippen LogP contribution is -2.52. The number of aryl methyl sites for hydroxylation is 1. The maximum atomic E-state index is 13.2. The monoisotopic (exact) mass is 368 g/mol. The van der Waals surface area contributed by atoms with E-state index in [4.69, 9.17) is 0 Å². The summed E-state index contributed by atoms with van der Waals surface area (Å²) >= 11 is 0. The molecule has 2 aromatic rings. The maximum Gasteiger partial charge on any atom is 0.247 e. The molecule has 1 saturated heterocycles. The Morgan fingerprint density at radius 3 is 2.41 bits per heavy atom. The molecule has 140 valence electrons. The number of halogens is 1. The van der Waals surface area contributed by atoms with Gasteiger partial charge in [-0.1, -0.05) is 42.0 Å². The number of carbonyl (C=O) groups is 3. The lowest BCUT2D eigenvalue weighted by molar-refractivity contribution is -0.143. The minimum Gasteiger partial charge on any atom is -0.352 e. The Kier molecular flexibility index (Phi) is 5.64. The van der Waals surface area contributed by atoms with Crippen LogP contribution in [0.3, 0.4) is 0 Å². The number of Topliss-reactive ketones (excluding diaryl/α,β-unsaturated/α-hetero) is 1. The Morgan fingerprint density at radius 2 is 1.74 bits per heavy atom. The van der Waals surface area contributed by atoms with E-state index >= 15 is 0 Å². The molecule has 0 aliphatic carbocycles. The third kappa shape index (κ3) is 4.39. The van der Waals surface area contributed by atoms with Gasteiger partial charge in [0, 0.05) is 31.5 Å². The molecule has 0 radical (unpaired) electrons. The Bertz CT molecular complexity index is 847. The molecule has 1 fully saturated rings. The Hall–Kier alpha value is -3.02. The first-order valence-electron chi connectivity index (χ1n) is 8.88. The van der Waals surface area contributed by atoms with E-state index in [1.54, 1.807) is 12.1 Å². The molecule has 1 N–H and O–H groups in total. The van der Waals surface area contributed by atoms with Gasteiger partial charge in [-0.2, -0.15) is 0 Å². The first-order chi connectivity index (χ1) is 13.0. The van der Waals surface area contributed by atoms with Crippen molar-refractivity contribution in [1.82, 2.24) is 10.2 Å². The van der Waals surface area contributed by atoms with E-state index in [0.717, 1.165) is 5.56 Å². The predicted octanol–water partition coefficient (Wildman–Crippen LogP) is 2.80. The highest BCUT2D eigenvalue weighted by molar-refractivity contribution is 5.98. The molecule has 1 heterocycles. The Labute approximate surface area is 157 Å². The van der Waals surface area contributed by atoms with Crippen molar-refractivity contribution in [3.05, 3.63) is 71.0 Å². The summed E-state index contributed by atoms with van der Waals surface area (Å²) in [6.07, 6.45) is 0.105. The summed E-state index contributed by atoms with van der Waals surface area (Å²) in [4.78, 5) is 38.8. The summed E-state index contributed by atoms with van der Waals surface area (Å²) in [5, 5.41) is 2.73. The van der Waals surface area contributed by atoms with Crippen LogP contribution >= 0.6 is 0 Å². The van der Waals surface area contributed by atoms with Crippen LogP contribution in [0.4, 0.5) is 4.39 Å². The zero-order valence-corrected chi connectivity index (χ0v) is 15.1. The number of ketones is 1. The molecule has 2 amide bonds. The molecule has 27 heavy (non-hydrogen) atoms. The van der Waals surface area contributed by atoms with Gasteiger partial charge in [0.25, 0.3) is 0 Å². The molecule has 5 nitrogen and oxygen atoms in total. The van der Waals surface area contributed by atoms with Crippen molar-refractivity contribution in [3.8, 4) is 0 Å². The molecule has 1 unspecified atom stereocenters. The smallest absolute Gasteiger partial charge is 0.247 e. The van der Waals surface area contributed by atoms with Crippen molar-refractivity contribution in [3.63, 3.8) is 0 Å². The average Bonchev–Trinajstić information content (AvgIpc) is 2.67. The van der Waals surface area contributed by atoms with Gasteiger partial charge in [-0.15, -0.1) is 0 Å². The molecule has 0 saturated carbocycles. The molecule has 6 heteroatoms. The second-order valence-corrected chi connectivity index (χ2v) is 6.62. The second-order valence-electron chi connectivity index (χ2n) is 6.62. The lowest BCUT2D eigenvalue weighted by atomic mass is 10.0. The lowest BCUT2D eigenvalue weighted by Gasteiger charge is -2.35. The topological polar surface area (TPSA) is 66.5 Å². The number of hydrogen-bond donors (Lipinski definition) is 1. The van der Waals surface area contributed by atoms with Crippen LogP contribution < -0.4 is 5.32 Å². The molecular formula is C21H21FN2O3. The summed E-state index contributed by atoms with van der Waals surface area (Å²) in [6.45, 7) is 2.65. The molecule has 1 aliphatic heterocycles. The molecule has 0 aromatic heterocycles. The van der Waals surface area contributed by atoms with E-state index in [-0.39, 0.29) is 30.4 Å². The van der Waals surface area contributed by atoms with E-state index in [1.165, 1.54) is 29.2 Å². The Balaban J connectivity index is 1.69. The first-order valence-corrected chi connectivity index (χ1v) is 8.88. The molecule has 0 spiro atoms. The highest BCUT2D eigenvalue weighted by Gasteiger charge is 2.34. The van der Waals surface area contributed by atoms with Crippen LogP contribution in [-0.2, 0) is 9.59 Å². The van der Waals surface area contributed by atoms with Crippen molar-refractivity contribution in [1.29, 1.82) is 0 Å². The molecule has 3 rings (SSSR count). The molecule has 0 bridgehead atoms. The van der Waals surface area contributed by atoms with Crippen LogP contribution in [0.1, 0.15) is 40.4 Å². The SMILES string of the molecule is Cc1ccc(C(=O)CCC(=O)N2CCNC(=O)C2c2ccc(F)cc2)cc1. The van der Waals surface area contributed by atoms with Gasteiger partial charge in [-0.3, -0.25) is 14.4 Å². The number of amides is 2. The number of nitrogens with one attached hydrogen (secondary N) is 1. The van der Waals surface area contributed by atoms with Gasteiger partial charge in [0.1, 0.15) is 11.9 Å². The van der Waals surface area contributed by atoms with E-state index in [1.807, 2.05) is 19.1 Å². The fourth-order valence-electron chi connectivity index (χ4n) is 3.16. The number of carbonyl (C=O) groups excluding carboxylic acids is 3. The summed E-state index contributed by atoms with van der Waals surface area (Å²) < 4.78 is 13.2. The van der Waals surface area contributed by atoms with Gasteiger partial charge in [-0.25, -0.2) is 4.39 Å². The third-order valence-electron chi connectivity index (χ3n) is 4.66. The van der Waals surface area contributed by atoms with Crippen LogP contribution in [0.15, 0.2) is 48.5 Å². The van der Waals surface area contributed by atoms with Crippen LogP contribution in [-0.4, -0.2) is 35.6 Å². The molecule has 2 aromatic carbocycles. The standard InChI is InChI=1S/C21H21FN2O3/c1-14-2-4-15(5-3-14)18(25)10-11-19(26)24-13-12-23-21(27)20(24)16-6-8-17(22)9-7-16/h2-9,20H,10-13H2,1H3,(H,23,27). The average molecular weight is 368 g/mol. The van der Waals surface area contributed by atoms with Crippen LogP contribution in [0, 0.1) is 12.7 Å². The van der Waals surface area contributed by atoms with Crippen molar-refractivity contribution in [2.75, 3.05) is 13.1 Å². The number of rotatable bonds is 5. The molecule has 1 aliphatic rings. The summed E-state index contributed by atoms with van der Waals surface area (Å²) in [7, 11) is 0. The third-order valence-corrected chi connectivity index (χ3v) is 4.66. The number of hydrogen-bond acceptors (Lipinski definition) is 3. The zero-order chi connectivity index (χ0) is 19.4. The quantitative estimate of drug-likeness (QED) is 0.826. The van der Waals surface area contributed by atoms with E-state index in [0.29, 0.717) is 24.2 Å². The van der Waals surface area contributed by atoms with Crippen molar-refractivity contribution in [2.24, 2.45) is 0 Å². The van der Waals surface area contributed by atoms with E-state index < -0.39 is 11.9 Å². The van der Waals surface area contributed by atoms with Crippen molar-refractivity contribution in [2.45, 2.75) is 25.8 Å². The summed E-state index contributed by atoms with van der Waals surface area (Å²) in [5.41, 5.74) is 2.18. The number of benzene rings is 2. The van der Waals surface area contributed by atoms with Gasteiger partial charge in [0.05, 0.1) is 0 Å². The van der Waals surface area contributed by atoms with E-state index in [2.05, 4.69) is 5.32 Å². The van der Waals surface area contributed by atoms with Crippen LogP contribution in [0.25, 0.3) is 0 Å². The minimum atomic E-state index is -0.804. The van der Waals surface area contributed by atoms with Crippen LogP contribution in [0.2, 0.25) is 0 Å². The van der Waals surface area contributed by atoms with Gasteiger partial charge in [0.2, 0.25) is 11.8 Å². The normalized spacial score (nSPS) is 16.7. The second kappa shape index (κ2) is 8.12. The zero-order valence-electron chi connectivity index (χ0n) is 15.1. The summed E-state index contributed by atoms with van der Waals surface area (Å²) in [6, 6.07) is 11.9. The largest absolute Gasteiger partial charge is 0.352 e. The highest BCUT2D eigenvalue weighted by atomic mass is 19.1. The minimum absolute atomic E-state index is 0.0255. The highest BCUT2D eigenvalue weighted by Crippen LogP contribution is 2.25. The maximum absolute atomic E-state index is 13.2. The molecular weight excluding hydrogens is 347 g/mol. The van der Waals surface area contributed by atoms with Gasteiger partial charge >= 0.3 is 0 Å². The number of nitrogens with zero attached hydrogens (tertiary/aromatic N) is 1. The van der Waals surface area contributed by atoms with Gasteiger partial charge in [-0.05, 0) is 24.6 Å². The summed E-state index contributed by atoms with van der Waals surface area (Å²) in [5.74, 6) is -1.08.